The molecule has 1 atom stereocenters. The van der Waals surface area contributed by atoms with Crippen LogP contribution in [0.3, 0.4) is 0 Å². The van der Waals surface area contributed by atoms with Crippen LogP contribution >= 0.6 is 22.9 Å². The standard InChI is InChI=1S/C35H31ClF2N4O3S/c1-6-44-33(43)30(45-35(3,4)5)28-19(2)15-27-31(29(28)20-7-10-24(36)11-8-20)46-32(40-27)22-13-14-39-26(17-22)21-9-12-25-23(16-21)18-42(41-25)34(37)38/h7-18,30,34H,6H2,1-5H3/t30-/m0/s1. The summed E-state index contributed by atoms with van der Waals surface area (Å²) < 4.78 is 39.8. The van der Waals surface area contributed by atoms with Gasteiger partial charge in [0.25, 0.3) is 0 Å². The van der Waals surface area contributed by atoms with Gasteiger partial charge in [0.15, 0.2) is 6.10 Å². The molecule has 0 N–H and O–H groups in total. The van der Waals surface area contributed by atoms with E-state index in [0.29, 0.717) is 31.9 Å². The van der Waals surface area contributed by atoms with Gasteiger partial charge in [-0.05, 0) is 88.2 Å². The van der Waals surface area contributed by atoms with Gasteiger partial charge in [-0.1, -0.05) is 29.8 Å². The van der Waals surface area contributed by atoms with E-state index in [1.54, 1.807) is 25.3 Å². The lowest BCUT2D eigenvalue weighted by Crippen LogP contribution is -2.29. The number of carbonyl (C=O) groups excluding carboxylic acids is 1. The summed E-state index contributed by atoms with van der Waals surface area (Å²) in [4.78, 5) is 23.0. The highest BCUT2D eigenvalue weighted by Gasteiger charge is 2.33. The molecular formula is C35H31ClF2N4O3S. The number of hydrogen-bond acceptors (Lipinski definition) is 7. The first kappa shape index (κ1) is 31.7. The average Bonchev–Trinajstić information content (AvgIpc) is 3.64. The number of halogens is 3. The number of esters is 1. The van der Waals surface area contributed by atoms with Crippen LogP contribution in [0.1, 0.15) is 51.5 Å². The zero-order valence-electron chi connectivity index (χ0n) is 25.8. The molecule has 3 aromatic carbocycles. The van der Waals surface area contributed by atoms with Crippen LogP contribution in [0.15, 0.2) is 73.1 Å². The van der Waals surface area contributed by atoms with Gasteiger partial charge < -0.3 is 9.47 Å². The minimum Gasteiger partial charge on any atom is -0.464 e. The van der Waals surface area contributed by atoms with Crippen molar-refractivity contribution >= 4 is 50.0 Å². The molecule has 0 bridgehead atoms. The Morgan fingerprint density at radius 2 is 1.74 bits per heavy atom. The number of rotatable bonds is 8. The zero-order valence-corrected chi connectivity index (χ0v) is 27.4. The molecule has 0 aliphatic heterocycles. The summed E-state index contributed by atoms with van der Waals surface area (Å²) in [6.07, 6.45) is 2.05. The molecule has 3 heterocycles. The molecular weight excluding hydrogens is 630 g/mol. The molecule has 3 aromatic heterocycles. The van der Waals surface area contributed by atoms with Crippen LogP contribution < -0.4 is 0 Å². The van der Waals surface area contributed by atoms with Gasteiger partial charge in [-0.2, -0.15) is 13.9 Å². The summed E-state index contributed by atoms with van der Waals surface area (Å²) in [6.45, 7) is 6.94. The van der Waals surface area contributed by atoms with E-state index in [4.69, 9.17) is 26.1 Å². The summed E-state index contributed by atoms with van der Waals surface area (Å²) in [5, 5.41) is 5.87. The summed E-state index contributed by atoms with van der Waals surface area (Å²) >= 11 is 7.77. The number of pyridine rings is 1. The van der Waals surface area contributed by atoms with E-state index in [1.807, 2.05) is 76.2 Å². The number of nitrogens with zero attached hydrogens (tertiary/aromatic N) is 4. The largest absolute Gasteiger partial charge is 0.464 e. The van der Waals surface area contributed by atoms with E-state index < -0.39 is 24.2 Å². The van der Waals surface area contributed by atoms with Crippen LogP contribution in [-0.2, 0) is 14.3 Å². The molecule has 0 spiro atoms. The highest BCUT2D eigenvalue weighted by molar-refractivity contribution is 7.22. The summed E-state index contributed by atoms with van der Waals surface area (Å²) in [5.41, 5.74) is 6.12. The quantitative estimate of drug-likeness (QED) is 0.151. The SMILES string of the molecule is CCOC(=O)[C@@H](OC(C)(C)C)c1c(C)cc2nc(-c3ccnc(-c4ccc5nn(C(F)F)cc5c4)c3)sc2c1-c1ccc(Cl)cc1. The molecule has 236 valence electrons. The van der Waals surface area contributed by atoms with Gasteiger partial charge in [-0.15, -0.1) is 11.3 Å². The van der Waals surface area contributed by atoms with E-state index in [0.717, 1.165) is 43.0 Å². The smallest absolute Gasteiger partial charge is 0.339 e. The second-order valence-electron chi connectivity index (χ2n) is 11.8. The van der Waals surface area contributed by atoms with Gasteiger partial charge in [-0.25, -0.2) is 14.5 Å². The first-order chi connectivity index (χ1) is 21.9. The molecule has 46 heavy (non-hydrogen) atoms. The molecule has 11 heteroatoms. The molecule has 0 fully saturated rings. The molecule has 7 nitrogen and oxygen atoms in total. The minimum atomic E-state index is -2.72. The van der Waals surface area contributed by atoms with E-state index in [9.17, 15) is 13.6 Å². The maximum atomic E-state index is 13.4. The Hall–Kier alpha value is -4.25. The number of aromatic nitrogens is 4. The third-order valence-corrected chi connectivity index (χ3v) is 8.71. The van der Waals surface area contributed by atoms with Crippen LogP contribution in [0.2, 0.25) is 5.02 Å². The van der Waals surface area contributed by atoms with Gasteiger partial charge in [-0.3, -0.25) is 4.98 Å². The van der Waals surface area contributed by atoms with Crippen LogP contribution in [0.5, 0.6) is 0 Å². The monoisotopic (exact) mass is 660 g/mol. The Labute approximate surface area is 273 Å². The lowest BCUT2D eigenvalue weighted by Gasteiger charge is -2.29. The predicted molar refractivity (Wildman–Crippen MR) is 178 cm³/mol. The van der Waals surface area contributed by atoms with Crippen molar-refractivity contribution in [1.82, 2.24) is 19.7 Å². The fourth-order valence-corrected chi connectivity index (χ4v) is 6.64. The molecule has 0 aliphatic carbocycles. The molecule has 0 saturated carbocycles. The Bertz CT molecular complexity index is 2070. The number of ether oxygens (including phenoxy) is 2. The molecule has 6 aromatic rings. The summed E-state index contributed by atoms with van der Waals surface area (Å²) in [6, 6.07) is 18.6. The molecule has 0 aliphatic rings. The highest BCUT2D eigenvalue weighted by Crippen LogP contribution is 2.45. The van der Waals surface area contributed by atoms with E-state index in [-0.39, 0.29) is 6.61 Å². The topological polar surface area (TPSA) is 79.1 Å². The zero-order chi connectivity index (χ0) is 32.7. The lowest BCUT2D eigenvalue weighted by molar-refractivity contribution is -0.166. The van der Waals surface area contributed by atoms with Crippen molar-refractivity contribution in [3.05, 3.63) is 89.2 Å². The molecule has 0 unspecified atom stereocenters. The fraction of sp³-hybridized carbons (Fsp3) is 0.257. The predicted octanol–water partition coefficient (Wildman–Crippen LogP) is 9.82. The molecule has 0 saturated heterocycles. The van der Waals surface area contributed by atoms with Gasteiger partial charge in [0.1, 0.15) is 5.01 Å². The number of thiazole rings is 1. The van der Waals surface area contributed by atoms with Crippen LogP contribution in [0.4, 0.5) is 8.78 Å². The van der Waals surface area contributed by atoms with E-state index in [1.165, 1.54) is 17.5 Å². The van der Waals surface area contributed by atoms with E-state index in [2.05, 4.69) is 10.1 Å². The highest BCUT2D eigenvalue weighted by atomic mass is 35.5. The third kappa shape index (κ3) is 6.38. The van der Waals surface area contributed by atoms with Crippen molar-refractivity contribution < 1.29 is 23.0 Å². The number of carbonyl (C=O) groups is 1. The van der Waals surface area contributed by atoms with Gasteiger partial charge in [0.2, 0.25) is 0 Å². The van der Waals surface area contributed by atoms with Gasteiger partial charge >= 0.3 is 12.5 Å². The first-order valence-electron chi connectivity index (χ1n) is 14.7. The number of aryl methyl sites for hydroxylation is 1. The van der Waals surface area contributed by atoms with Gasteiger partial charge in [0, 0.05) is 45.1 Å². The number of benzene rings is 3. The maximum Gasteiger partial charge on any atom is 0.339 e. The number of fused-ring (bicyclic) bond motifs is 2. The first-order valence-corrected chi connectivity index (χ1v) is 15.9. The van der Waals surface area contributed by atoms with Crippen molar-refractivity contribution in [3.8, 4) is 33.0 Å². The number of alkyl halides is 2. The third-order valence-electron chi connectivity index (χ3n) is 7.32. The molecule has 0 radical (unpaired) electrons. The fourth-order valence-electron chi connectivity index (χ4n) is 5.40. The van der Waals surface area contributed by atoms with Crippen LogP contribution in [0, 0.1) is 6.92 Å². The maximum absolute atomic E-state index is 13.4. The number of hydrogen-bond donors (Lipinski definition) is 0. The Morgan fingerprint density at radius 1 is 1.00 bits per heavy atom. The van der Waals surface area contributed by atoms with Crippen LogP contribution in [0.25, 0.3) is 54.1 Å². The van der Waals surface area contributed by atoms with Crippen molar-refractivity contribution in [1.29, 1.82) is 0 Å². The van der Waals surface area contributed by atoms with E-state index >= 15 is 0 Å². The van der Waals surface area contributed by atoms with Gasteiger partial charge in [0.05, 0.1) is 33.6 Å². The Kier molecular flexibility index (Phi) is 8.62. The van der Waals surface area contributed by atoms with Crippen molar-refractivity contribution in [2.24, 2.45) is 0 Å². The molecule has 6 rings (SSSR count). The normalized spacial score (nSPS) is 12.7. The summed E-state index contributed by atoms with van der Waals surface area (Å²) in [7, 11) is 0. The Morgan fingerprint density at radius 3 is 2.43 bits per heavy atom. The second kappa shape index (κ2) is 12.5. The molecule has 0 amide bonds. The minimum absolute atomic E-state index is 0.219. The lowest BCUT2D eigenvalue weighted by atomic mass is 9.91. The summed E-state index contributed by atoms with van der Waals surface area (Å²) in [5.74, 6) is -0.463. The van der Waals surface area contributed by atoms with Crippen LogP contribution in [-0.4, -0.2) is 37.9 Å². The van der Waals surface area contributed by atoms with Crippen molar-refractivity contribution in [2.75, 3.05) is 6.61 Å². The average molecular weight is 661 g/mol. The second-order valence-corrected chi connectivity index (χ2v) is 13.2. The van der Waals surface area contributed by atoms with Crippen molar-refractivity contribution in [3.63, 3.8) is 0 Å². The van der Waals surface area contributed by atoms with Crippen molar-refractivity contribution in [2.45, 2.75) is 52.9 Å². The Balaban J connectivity index is 1.51.